The standard InChI is InChI=1S/C10H8O2.C3H4N2/c11-9-3-1-7-2-4-10(12)6-8(7)5-9;1-2-5-3-4-1/h1-6,11-12H;1-3H,(H,4,5). The Morgan fingerprint density at radius 3 is 1.94 bits per heavy atom. The number of rotatable bonds is 0. The summed E-state index contributed by atoms with van der Waals surface area (Å²) in [7, 11) is 0. The van der Waals surface area contributed by atoms with Gasteiger partial charge in [-0.1, -0.05) is 12.1 Å². The van der Waals surface area contributed by atoms with Crippen LogP contribution in [0.25, 0.3) is 10.8 Å². The van der Waals surface area contributed by atoms with E-state index >= 15 is 0 Å². The number of benzene rings is 2. The fraction of sp³-hybridized carbons (Fsp3) is 0. The lowest BCUT2D eigenvalue weighted by Gasteiger charge is -1.98. The number of nitrogens with one attached hydrogen (secondary N) is 1. The summed E-state index contributed by atoms with van der Waals surface area (Å²) < 4.78 is 0. The van der Waals surface area contributed by atoms with Crippen LogP contribution in [0.2, 0.25) is 0 Å². The number of aromatic nitrogens is 2. The van der Waals surface area contributed by atoms with E-state index in [4.69, 9.17) is 10.2 Å². The number of hydrogen-bond donors (Lipinski definition) is 3. The van der Waals surface area contributed by atoms with Gasteiger partial charge in [-0.05, 0) is 35.0 Å². The van der Waals surface area contributed by atoms with Crippen LogP contribution in [-0.4, -0.2) is 20.2 Å². The van der Waals surface area contributed by atoms with Crippen LogP contribution in [0, 0.1) is 0 Å². The number of phenolic OH excluding ortho intramolecular Hbond substituents is 2. The average molecular weight is 228 g/mol. The zero-order valence-electron chi connectivity index (χ0n) is 9.04. The van der Waals surface area contributed by atoms with Crippen LogP contribution in [0.15, 0.2) is 55.1 Å². The van der Waals surface area contributed by atoms with Gasteiger partial charge in [0.1, 0.15) is 11.5 Å². The van der Waals surface area contributed by atoms with Crippen molar-refractivity contribution in [2.45, 2.75) is 0 Å². The lowest BCUT2D eigenvalue weighted by Crippen LogP contribution is -1.71. The van der Waals surface area contributed by atoms with Gasteiger partial charge in [0.15, 0.2) is 0 Å². The van der Waals surface area contributed by atoms with Gasteiger partial charge in [-0.2, -0.15) is 0 Å². The maximum absolute atomic E-state index is 9.14. The normalized spacial score (nSPS) is 9.65. The lowest BCUT2D eigenvalue weighted by atomic mass is 10.1. The number of imidazole rings is 1. The molecule has 3 aromatic rings. The van der Waals surface area contributed by atoms with Crippen molar-refractivity contribution in [2.24, 2.45) is 0 Å². The maximum atomic E-state index is 9.14. The van der Waals surface area contributed by atoms with Gasteiger partial charge >= 0.3 is 0 Å². The molecule has 2 aromatic carbocycles. The number of aromatic amines is 1. The van der Waals surface area contributed by atoms with Gasteiger partial charge in [0.05, 0.1) is 6.33 Å². The molecule has 3 rings (SSSR count). The van der Waals surface area contributed by atoms with Gasteiger partial charge < -0.3 is 15.2 Å². The first-order valence-electron chi connectivity index (χ1n) is 5.10. The summed E-state index contributed by atoms with van der Waals surface area (Å²) in [4.78, 5) is 6.42. The summed E-state index contributed by atoms with van der Waals surface area (Å²) in [5.74, 6) is 0.432. The molecule has 0 amide bonds. The smallest absolute Gasteiger partial charge is 0.116 e. The van der Waals surface area contributed by atoms with E-state index in [0.29, 0.717) is 0 Å². The molecule has 0 aliphatic heterocycles. The summed E-state index contributed by atoms with van der Waals surface area (Å²) in [5, 5.41) is 20.1. The quantitative estimate of drug-likeness (QED) is 0.554. The van der Waals surface area contributed by atoms with Crippen molar-refractivity contribution < 1.29 is 10.2 Å². The van der Waals surface area contributed by atoms with E-state index in [1.807, 2.05) is 12.1 Å². The van der Waals surface area contributed by atoms with Crippen molar-refractivity contribution in [2.75, 3.05) is 0 Å². The van der Waals surface area contributed by atoms with E-state index in [0.717, 1.165) is 10.8 Å². The molecular weight excluding hydrogens is 216 g/mol. The van der Waals surface area contributed by atoms with Crippen LogP contribution < -0.4 is 0 Å². The summed E-state index contributed by atoms with van der Waals surface area (Å²) in [5.41, 5.74) is 0. The highest BCUT2D eigenvalue weighted by molar-refractivity contribution is 5.84. The third-order valence-electron chi connectivity index (χ3n) is 2.21. The van der Waals surface area contributed by atoms with Gasteiger partial charge in [0.25, 0.3) is 0 Å². The molecule has 0 saturated carbocycles. The number of aromatic hydroxyl groups is 2. The van der Waals surface area contributed by atoms with Crippen LogP contribution in [0.4, 0.5) is 0 Å². The first-order valence-corrected chi connectivity index (χ1v) is 5.10. The minimum absolute atomic E-state index is 0.216. The highest BCUT2D eigenvalue weighted by Crippen LogP contribution is 2.23. The Kier molecular flexibility index (Phi) is 3.25. The van der Waals surface area contributed by atoms with Crippen LogP contribution in [-0.2, 0) is 0 Å². The van der Waals surface area contributed by atoms with Gasteiger partial charge in [-0.3, -0.25) is 0 Å². The number of hydrogen-bond acceptors (Lipinski definition) is 3. The van der Waals surface area contributed by atoms with Crippen LogP contribution >= 0.6 is 0 Å². The molecule has 1 heterocycles. The van der Waals surface area contributed by atoms with Crippen molar-refractivity contribution in [3.05, 3.63) is 55.1 Å². The van der Waals surface area contributed by atoms with E-state index in [2.05, 4.69) is 9.97 Å². The summed E-state index contributed by atoms with van der Waals surface area (Å²) in [6.07, 6.45) is 5.08. The van der Waals surface area contributed by atoms with Crippen LogP contribution in [0.5, 0.6) is 11.5 Å². The molecule has 17 heavy (non-hydrogen) atoms. The van der Waals surface area contributed by atoms with Gasteiger partial charge in [0, 0.05) is 12.4 Å². The first-order chi connectivity index (χ1) is 8.25. The number of H-pyrrole nitrogens is 1. The van der Waals surface area contributed by atoms with Crippen LogP contribution in [0.1, 0.15) is 0 Å². The number of nitrogens with zero attached hydrogens (tertiary/aromatic N) is 1. The van der Waals surface area contributed by atoms with E-state index in [1.165, 1.54) is 0 Å². The van der Waals surface area contributed by atoms with Gasteiger partial charge in [-0.15, -0.1) is 0 Å². The molecule has 0 atom stereocenters. The minimum Gasteiger partial charge on any atom is -0.508 e. The van der Waals surface area contributed by atoms with Crippen molar-refractivity contribution in [3.8, 4) is 11.5 Å². The molecule has 0 spiro atoms. The fourth-order valence-corrected chi connectivity index (χ4v) is 1.44. The molecule has 0 aliphatic carbocycles. The Labute approximate surface area is 98.2 Å². The molecule has 86 valence electrons. The topological polar surface area (TPSA) is 69.1 Å². The summed E-state index contributed by atoms with van der Waals surface area (Å²) in [6, 6.07) is 10.1. The summed E-state index contributed by atoms with van der Waals surface area (Å²) in [6.45, 7) is 0. The largest absolute Gasteiger partial charge is 0.508 e. The minimum atomic E-state index is 0.216. The van der Waals surface area contributed by atoms with E-state index < -0.39 is 0 Å². The molecule has 4 nitrogen and oxygen atoms in total. The number of fused-ring (bicyclic) bond motifs is 1. The Hall–Kier alpha value is -2.49. The molecule has 0 unspecified atom stereocenters. The Morgan fingerprint density at radius 1 is 0.882 bits per heavy atom. The van der Waals surface area contributed by atoms with E-state index in [9.17, 15) is 0 Å². The summed E-state index contributed by atoms with van der Waals surface area (Å²) >= 11 is 0. The maximum Gasteiger partial charge on any atom is 0.116 e. The van der Waals surface area contributed by atoms with E-state index in [-0.39, 0.29) is 11.5 Å². The molecule has 0 radical (unpaired) electrons. The third kappa shape index (κ3) is 2.98. The highest BCUT2D eigenvalue weighted by Gasteiger charge is 1.95. The highest BCUT2D eigenvalue weighted by atomic mass is 16.3. The Bertz CT molecular complexity index is 537. The predicted octanol–water partition coefficient (Wildman–Crippen LogP) is 2.66. The third-order valence-corrected chi connectivity index (χ3v) is 2.21. The fourth-order valence-electron chi connectivity index (χ4n) is 1.44. The Morgan fingerprint density at radius 2 is 1.53 bits per heavy atom. The second-order valence-corrected chi connectivity index (χ2v) is 3.48. The Balaban J connectivity index is 0.000000181. The molecule has 0 aliphatic rings. The molecule has 4 heteroatoms. The molecule has 0 fully saturated rings. The zero-order valence-corrected chi connectivity index (χ0v) is 9.04. The number of phenols is 2. The molecule has 0 bridgehead atoms. The van der Waals surface area contributed by atoms with Crippen LogP contribution in [0.3, 0.4) is 0 Å². The average Bonchev–Trinajstić information content (AvgIpc) is 2.87. The van der Waals surface area contributed by atoms with Crippen molar-refractivity contribution in [1.82, 2.24) is 9.97 Å². The second-order valence-electron chi connectivity index (χ2n) is 3.48. The predicted molar refractivity (Wildman–Crippen MR) is 65.9 cm³/mol. The van der Waals surface area contributed by atoms with Gasteiger partial charge in [0.2, 0.25) is 0 Å². The van der Waals surface area contributed by atoms with E-state index in [1.54, 1.807) is 43.0 Å². The SMILES string of the molecule is Oc1ccc2ccc(O)cc2c1.c1c[nH]cn1. The first kappa shape index (κ1) is 11.0. The molecular formula is C13H12N2O2. The van der Waals surface area contributed by atoms with Crippen molar-refractivity contribution in [3.63, 3.8) is 0 Å². The van der Waals surface area contributed by atoms with Crippen molar-refractivity contribution in [1.29, 1.82) is 0 Å². The zero-order chi connectivity index (χ0) is 12.1. The molecule has 1 aromatic heterocycles. The molecule has 0 saturated heterocycles. The van der Waals surface area contributed by atoms with Gasteiger partial charge in [-0.25, -0.2) is 4.98 Å². The molecule has 3 N–H and O–H groups in total. The second kappa shape index (κ2) is 5.03. The van der Waals surface area contributed by atoms with Crippen molar-refractivity contribution >= 4 is 10.8 Å². The monoisotopic (exact) mass is 228 g/mol. The lowest BCUT2D eigenvalue weighted by molar-refractivity contribution is 0.474.